The van der Waals surface area contributed by atoms with Gasteiger partial charge in [-0.1, -0.05) is 20.3 Å². The molecule has 4 unspecified atom stereocenters. The van der Waals surface area contributed by atoms with Crippen molar-refractivity contribution in [1.82, 2.24) is 0 Å². The van der Waals surface area contributed by atoms with Gasteiger partial charge in [0.15, 0.2) is 0 Å². The fourth-order valence-electron chi connectivity index (χ4n) is 3.24. The summed E-state index contributed by atoms with van der Waals surface area (Å²) in [6.45, 7) is 6.48. The first-order chi connectivity index (χ1) is 6.63. The SMILES string of the molecule is CC1CCC(C)C(N)(C2CCOC2)C1. The van der Waals surface area contributed by atoms with Gasteiger partial charge in [0.25, 0.3) is 0 Å². The van der Waals surface area contributed by atoms with Crippen molar-refractivity contribution < 1.29 is 4.74 Å². The molecule has 2 fully saturated rings. The average Bonchev–Trinajstić information content (AvgIpc) is 2.65. The van der Waals surface area contributed by atoms with Gasteiger partial charge in [0.2, 0.25) is 0 Å². The Hall–Kier alpha value is -0.0800. The molecule has 2 heteroatoms. The molecule has 0 amide bonds. The van der Waals surface area contributed by atoms with Crippen LogP contribution in [-0.4, -0.2) is 18.8 Å². The third-order valence-electron chi connectivity index (χ3n) is 4.40. The smallest absolute Gasteiger partial charge is 0.0512 e. The maximum atomic E-state index is 6.62. The van der Waals surface area contributed by atoms with Crippen molar-refractivity contribution in [2.75, 3.05) is 13.2 Å². The highest BCUT2D eigenvalue weighted by molar-refractivity contribution is 5.00. The zero-order valence-corrected chi connectivity index (χ0v) is 9.46. The third-order valence-corrected chi connectivity index (χ3v) is 4.40. The summed E-state index contributed by atoms with van der Waals surface area (Å²) >= 11 is 0. The van der Waals surface area contributed by atoms with Crippen LogP contribution in [0.4, 0.5) is 0 Å². The summed E-state index contributed by atoms with van der Waals surface area (Å²) in [6.07, 6.45) is 5.03. The van der Waals surface area contributed by atoms with Crippen LogP contribution < -0.4 is 5.73 Å². The van der Waals surface area contributed by atoms with Crippen LogP contribution in [0.2, 0.25) is 0 Å². The Kier molecular flexibility index (Phi) is 2.85. The second kappa shape index (κ2) is 3.82. The van der Waals surface area contributed by atoms with Crippen LogP contribution in [0.25, 0.3) is 0 Å². The van der Waals surface area contributed by atoms with Crippen LogP contribution in [0.5, 0.6) is 0 Å². The Balaban J connectivity index is 2.09. The van der Waals surface area contributed by atoms with E-state index >= 15 is 0 Å². The first-order valence-corrected chi connectivity index (χ1v) is 5.99. The minimum atomic E-state index is 0.0637. The minimum absolute atomic E-state index is 0.0637. The molecule has 0 radical (unpaired) electrons. The van der Waals surface area contributed by atoms with Gasteiger partial charge in [0, 0.05) is 18.1 Å². The van der Waals surface area contributed by atoms with Crippen molar-refractivity contribution in [2.45, 2.75) is 45.1 Å². The largest absolute Gasteiger partial charge is 0.381 e. The highest BCUT2D eigenvalue weighted by Gasteiger charge is 2.44. The van der Waals surface area contributed by atoms with E-state index in [9.17, 15) is 0 Å². The van der Waals surface area contributed by atoms with E-state index in [1.165, 1.54) is 25.7 Å². The second-order valence-electron chi connectivity index (χ2n) is 5.46. The fraction of sp³-hybridized carbons (Fsp3) is 1.00. The molecule has 0 aromatic heterocycles. The number of hydrogen-bond acceptors (Lipinski definition) is 2. The summed E-state index contributed by atoms with van der Waals surface area (Å²) in [5.74, 6) is 2.09. The summed E-state index contributed by atoms with van der Waals surface area (Å²) in [4.78, 5) is 0. The summed E-state index contributed by atoms with van der Waals surface area (Å²) < 4.78 is 5.48. The van der Waals surface area contributed by atoms with E-state index in [-0.39, 0.29) is 5.54 Å². The first-order valence-electron chi connectivity index (χ1n) is 5.99. The molecule has 2 rings (SSSR count). The van der Waals surface area contributed by atoms with Gasteiger partial charge in [0.1, 0.15) is 0 Å². The van der Waals surface area contributed by atoms with Crippen molar-refractivity contribution in [3.05, 3.63) is 0 Å². The van der Waals surface area contributed by atoms with Gasteiger partial charge in [-0.3, -0.25) is 0 Å². The van der Waals surface area contributed by atoms with Crippen molar-refractivity contribution in [2.24, 2.45) is 23.5 Å². The minimum Gasteiger partial charge on any atom is -0.381 e. The molecule has 0 aromatic rings. The Morgan fingerprint density at radius 2 is 2.00 bits per heavy atom. The summed E-state index contributed by atoms with van der Waals surface area (Å²) in [5, 5.41) is 0. The predicted octanol–water partition coefficient (Wildman–Crippen LogP) is 2.18. The molecule has 0 aromatic carbocycles. The maximum Gasteiger partial charge on any atom is 0.0512 e. The van der Waals surface area contributed by atoms with E-state index in [2.05, 4.69) is 13.8 Å². The van der Waals surface area contributed by atoms with Crippen LogP contribution in [0.3, 0.4) is 0 Å². The van der Waals surface area contributed by atoms with Gasteiger partial charge in [-0.2, -0.15) is 0 Å². The topological polar surface area (TPSA) is 35.2 Å². The fourth-order valence-corrected chi connectivity index (χ4v) is 3.24. The molecule has 82 valence electrons. The molecule has 1 aliphatic heterocycles. The standard InChI is InChI=1S/C12H23NO/c1-9-3-4-10(2)12(13,7-9)11-5-6-14-8-11/h9-11H,3-8,13H2,1-2H3. The Morgan fingerprint density at radius 3 is 2.64 bits per heavy atom. The van der Waals surface area contributed by atoms with Crippen LogP contribution in [0.1, 0.15) is 39.5 Å². The molecule has 0 spiro atoms. The van der Waals surface area contributed by atoms with E-state index in [1.54, 1.807) is 0 Å². The number of nitrogens with two attached hydrogens (primary N) is 1. The molecule has 0 bridgehead atoms. The van der Waals surface area contributed by atoms with Gasteiger partial charge >= 0.3 is 0 Å². The van der Waals surface area contributed by atoms with Gasteiger partial charge < -0.3 is 10.5 Å². The second-order valence-corrected chi connectivity index (χ2v) is 5.46. The molecule has 1 saturated carbocycles. The third kappa shape index (κ3) is 1.70. The number of ether oxygens (including phenoxy) is 1. The Morgan fingerprint density at radius 1 is 1.21 bits per heavy atom. The molecular formula is C12H23NO. The molecule has 1 aliphatic carbocycles. The van der Waals surface area contributed by atoms with Crippen molar-refractivity contribution in [3.63, 3.8) is 0 Å². The van der Waals surface area contributed by atoms with Crippen LogP contribution in [-0.2, 0) is 4.74 Å². The molecule has 2 aliphatic rings. The van der Waals surface area contributed by atoms with E-state index in [0.29, 0.717) is 11.8 Å². The summed E-state index contributed by atoms with van der Waals surface area (Å²) in [6, 6.07) is 0. The van der Waals surface area contributed by atoms with E-state index < -0.39 is 0 Å². The van der Waals surface area contributed by atoms with Crippen LogP contribution in [0.15, 0.2) is 0 Å². The lowest BCUT2D eigenvalue weighted by molar-refractivity contribution is 0.0830. The van der Waals surface area contributed by atoms with Gasteiger partial charge in [0.05, 0.1) is 6.61 Å². The Bertz CT molecular complexity index is 200. The maximum absolute atomic E-state index is 6.62. The summed E-state index contributed by atoms with van der Waals surface area (Å²) in [5.41, 5.74) is 6.68. The van der Waals surface area contributed by atoms with Gasteiger partial charge in [-0.25, -0.2) is 0 Å². The average molecular weight is 197 g/mol. The lowest BCUT2D eigenvalue weighted by Crippen LogP contribution is -2.55. The first kappa shape index (κ1) is 10.4. The van der Waals surface area contributed by atoms with Crippen molar-refractivity contribution in [3.8, 4) is 0 Å². The predicted molar refractivity (Wildman–Crippen MR) is 58.0 cm³/mol. The zero-order chi connectivity index (χ0) is 10.2. The summed E-state index contributed by atoms with van der Waals surface area (Å²) in [7, 11) is 0. The van der Waals surface area contributed by atoms with Gasteiger partial charge in [-0.05, 0) is 31.1 Å². The zero-order valence-electron chi connectivity index (χ0n) is 9.46. The normalized spacial score (nSPS) is 49.5. The van der Waals surface area contributed by atoms with Gasteiger partial charge in [-0.15, -0.1) is 0 Å². The highest BCUT2D eigenvalue weighted by Crippen LogP contribution is 2.42. The molecule has 14 heavy (non-hydrogen) atoms. The lowest BCUT2D eigenvalue weighted by Gasteiger charge is -2.46. The molecule has 1 heterocycles. The quantitative estimate of drug-likeness (QED) is 0.699. The molecule has 1 saturated heterocycles. The van der Waals surface area contributed by atoms with Crippen LogP contribution >= 0.6 is 0 Å². The monoisotopic (exact) mass is 197 g/mol. The van der Waals surface area contributed by atoms with Crippen LogP contribution in [0, 0.1) is 17.8 Å². The molecule has 4 atom stereocenters. The number of hydrogen-bond donors (Lipinski definition) is 1. The Labute approximate surface area is 87.2 Å². The molecule has 2 N–H and O–H groups in total. The van der Waals surface area contributed by atoms with E-state index in [1.807, 2.05) is 0 Å². The number of rotatable bonds is 1. The molecular weight excluding hydrogens is 174 g/mol. The van der Waals surface area contributed by atoms with Crippen molar-refractivity contribution in [1.29, 1.82) is 0 Å². The highest BCUT2D eigenvalue weighted by atomic mass is 16.5. The van der Waals surface area contributed by atoms with E-state index in [4.69, 9.17) is 10.5 Å². The lowest BCUT2D eigenvalue weighted by atomic mass is 9.64. The van der Waals surface area contributed by atoms with Crippen molar-refractivity contribution >= 4 is 0 Å². The van der Waals surface area contributed by atoms with E-state index in [0.717, 1.165) is 19.1 Å². The molecule has 2 nitrogen and oxygen atoms in total.